The Morgan fingerprint density at radius 1 is 1.18 bits per heavy atom. The number of carbonyl (C=O) groups is 1. The largest absolute Gasteiger partial charge is 0.320 e. The van der Waals surface area contributed by atoms with Crippen LogP contribution in [-0.4, -0.2) is 10.5 Å². The predicted octanol–water partition coefficient (Wildman–Crippen LogP) is 6.76. The highest BCUT2D eigenvalue weighted by molar-refractivity contribution is 7.13. The van der Waals surface area contributed by atoms with Gasteiger partial charge < -0.3 is 9.88 Å². The summed E-state index contributed by atoms with van der Waals surface area (Å²) < 4.78 is 2.08. The molecule has 166 valence electrons. The number of hydrogen-bond donors (Lipinski definition) is 1. The molecule has 1 N–H and O–H groups in total. The zero-order chi connectivity index (χ0) is 23.7. The maximum Gasteiger partial charge on any atom is 0.266 e. The van der Waals surface area contributed by atoms with Crippen molar-refractivity contribution in [1.29, 1.82) is 10.5 Å². The Morgan fingerprint density at radius 3 is 2.64 bits per heavy atom. The van der Waals surface area contributed by atoms with Crippen molar-refractivity contribution >= 4 is 52.2 Å². The van der Waals surface area contributed by atoms with Gasteiger partial charge in [-0.1, -0.05) is 23.2 Å². The molecule has 0 fully saturated rings. The average molecular weight is 495 g/mol. The Balaban J connectivity index is 1.72. The number of anilines is 1. The number of carbonyl (C=O) groups excluding carboxylic acids is 1. The van der Waals surface area contributed by atoms with E-state index in [9.17, 15) is 15.3 Å². The van der Waals surface area contributed by atoms with Crippen LogP contribution in [-0.2, 0) is 17.6 Å². The highest BCUT2D eigenvalue weighted by Crippen LogP contribution is 2.38. The van der Waals surface area contributed by atoms with Crippen LogP contribution in [0.3, 0.4) is 0 Å². The van der Waals surface area contributed by atoms with E-state index in [-0.39, 0.29) is 10.6 Å². The molecule has 5 nitrogen and oxygen atoms in total. The van der Waals surface area contributed by atoms with Crippen molar-refractivity contribution in [3.8, 4) is 17.8 Å². The van der Waals surface area contributed by atoms with Gasteiger partial charge in [-0.25, -0.2) is 0 Å². The number of aromatic nitrogens is 1. The van der Waals surface area contributed by atoms with Crippen LogP contribution in [0.2, 0.25) is 10.0 Å². The van der Waals surface area contributed by atoms with Gasteiger partial charge in [-0.3, -0.25) is 4.79 Å². The number of nitriles is 2. The van der Waals surface area contributed by atoms with Crippen LogP contribution in [0.1, 0.15) is 45.1 Å². The summed E-state index contributed by atoms with van der Waals surface area (Å²) in [6.07, 6.45) is 5.79. The normalized spacial score (nSPS) is 13.2. The second-order valence-electron chi connectivity index (χ2n) is 7.91. The molecule has 4 rings (SSSR count). The topological polar surface area (TPSA) is 81.6 Å². The lowest BCUT2D eigenvalue weighted by Crippen LogP contribution is -2.13. The maximum absolute atomic E-state index is 12.8. The molecular weight excluding hydrogens is 475 g/mol. The summed E-state index contributed by atoms with van der Waals surface area (Å²) in [4.78, 5) is 14.8. The van der Waals surface area contributed by atoms with E-state index in [0.717, 1.165) is 48.3 Å². The smallest absolute Gasteiger partial charge is 0.266 e. The lowest BCUT2D eigenvalue weighted by molar-refractivity contribution is -0.112. The van der Waals surface area contributed by atoms with Gasteiger partial charge in [0.2, 0.25) is 0 Å². The fourth-order valence-electron chi connectivity index (χ4n) is 4.22. The second-order valence-corrected chi connectivity index (χ2v) is 9.86. The molecule has 3 aromatic rings. The van der Waals surface area contributed by atoms with Crippen LogP contribution in [0.15, 0.2) is 29.8 Å². The molecule has 0 atom stereocenters. The van der Waals surface area contributed by atoms with Gasteiger partial charge in [0, 0.05) is 21.3 Å². The first-order valence-electron chi connectivity index (χ1n) is 10.5. The molecule has 1 aromatic carbocycles. The fourth-order valence-corrected chi connectivity index (χ4v) is 5.85. The zero-order valence-corrected chi connectivity index (χ0v) is 20.5. The Kier molecular flexibility index (Phi) is 6.63. The molecule has 0 bridgehead atoms. The van der Waals surface area contributed by atoms with Crippen LogP contribution in [0.25, 0.3) is 11.8 Å². The van der Waals surface area contributed by atoms with Gasteiger partial charge in [-0.2, -0.15) is 10.5 Å². The number of thiophene rings is 1. The van der Waals surface area contributed by atoms with Crippen LogP contribution >= 0.6 is 34.5 Å². The highest BCUT2D eigenvalue weighted by Gasteiger charge is 2.24. The summed E-state index contributed by atoms with van der Waals surface area (Å²) in [7, 11) is 0. The van der Waals surface area contributed by atoms with E-state index in [1.54, 1.807) is 29.5 Å². The summed E-state index contributed by atoms with van der Waals surface area (Å²) in [5.74, 6) is -0.558. The van der Waals surface area contributed by atoms with Crippen molar-refractivity contribution in [1.82, 2.24) is 4.57 Å². The Hall–Kier alpha value is -3.03. The van der Waals surface area contributed by atoms with E-state index < -0.39 is 5.91 Å². The predicted molar refractivity (Wildman–Crippen MR) is 133 cm³/mol. The van der Waals surface area contributed by atoms with Gasteiger partial charge in [0.15, 0.2) is 0 Å². The van der Waals surface area contributed by atoms with E-state index in [2.05, 4.69) is 16.0 Å². The SMILES string of the molecule is Cc1cc(/C=C(/C#N)C(=O)Nc2ccc(Cl)cc2Cl)c(C)n1-c1c(C#N)sc2c1CCCC2. The summed E-state index contributed by atoms with van der Waals surface area (Å²) in [5.41, 5.74) is 5.09. The number of hydrogen-bond acceptors (Lipinski definition) is 4. The molecule has 1 aliphatic rings. The Labute approximate surface area is 206 Å². The summed E-state index contributed by atoms with van der Waals surface area (Å²) in [6.45, 7) is 3.91. The van der Waals surface area contributed by atoms with Crippen LogP contribution in [0.5, 0.6) is 0 Å². The van der Waals surface area contributed by atoms with Crippen LogP contribution < -0.4 is 5.32 Å². The van der Waals surface area contributed by atoms with E-state index in [1.165, 1.54) is 16.5 Å². The first kappa shape index (κ1) is 23.1. The van der Waals surface area contributed by atoms with Gasteiger partial charge in [-0.15, -0.1) is 11.3 Å². The lowest BCUT2D eigenvalue weighted by Gasteiger charge is -2.16. The van der Waals surface area contributed by atoms with Crippen molar-refractivity contribution in [3.63, 3.8) is 0 Å². The third-order valence-corrected chi connectivity index (χ3v) is 7.52. The molecule has 0 radical (unpaired) electrons. The number of rotatable bonds is 4. The van der Waals surface area contributed by atoms with Crippen LogP contribution in [0.4, 0.5) is 5.69 Å². The number of nitrogens with one attached hydrogen (secondary N) is 1. The minimum absolute atomic E-state index is 0.0471. The number of halogens is 2. The fraction of sp³-hybridized carbons (Fsp3) is 0.240. The molecule has 2 heterocycles. The number of fused-ring (bicyclic) bond motifs is 1. The molecular formula is C25H20Cl2N4OS. The quantitative estimate of drug-likeness (QED) is 0.321. The molecule has 0 unspecified atom stereocenters. The summed E-state index contributed by atoms with van der Waals surface area (Å²) in [6, 6.07) is 11.0. The van der Waals surface area contributed by atoms with Crippen molar-refractivity contribution in [2.24, 2.45) is 0 Å². The molecule has 0 saturated heterocycles. The zero-order valence-electron chi connectivity index (χ0n) is 18.1. The molecule has 1 aliphatic carbocycles. The highest BCUT2D eigenvalue weighted by atomic mass is 35.5. The summed E-state index contributed by atoms with van der Waals surface area (Å²) >= 11 is 13.6. The van der Waals surface area contributed by atoms with Crippen molar-refractivity contribution < 1.29 is 4.79 Å². The number of amides is 1. The molecule has 33 heavy (non-hydrogen) atoms. The van der Waals surface area contributed by atoms with Crippen molar-refractivity contribution in [2.45, 2.75) is 39.5 Å². The van der Waals surface area contributed by atoms with E-state index >= 15 is 0 Å². The molecule has 0 saturated carbocycles. The molecule has 1 amide bonds. The van der Waals surface area contributed by atoms with E-state index in [1.807, 2.05) is 26.0 Å². The second kappa shape index (κ2) is 9.45. The van der Waals surface area contributed by atoms with Crippen molar-refractivity contribution in [3.05, 3.63) is 72.2 Å². The van der Waals surface area contributed by atoms with Gasteiger partial charge in [0.25, 0.3) is 5.91 Å². The van der Waals surface area contributed by atoms with E-state index in [4.69, 9.17) is 23.2 Å². The van der Waals surface area contributed by atoms with Gasteiger partial charge in [0.05, 0.1) is 16.4 Å². The third-order valence-electron chi connectivity index (χ3n) is 5.78. The maximum atomic E-state index is 12.8. The molecule has 8 heteroatoms. The number of nitrogens with zero attached hydrogens (tertiary/aromatic N) is 3. The van der Waals surface area contributed by atoms with Gasteiger partial charge in [-0.05, 0) is 81.0 Å². The lowest BCUT2D eigenvalue weighted by atomic mass is 9.97. The molecule has 2 aromatic heterocycles. The van der Waals surface area contributed by atoms with Gasteiger partial charge in [0.1, 0.15) is 22.6 Å². The third kappa shape index (κ3) is 4.43. The monoisotopic (exact) mass is 494 g/mol. The first-order valence-corrected chi connectivity index (χ1v) is 12.0. The minimum atomic E-state index is -0.558. The van der Waals surface area contributed by atoms with Crippen LogP contribution in [0, 0.1) is 36.5 Å². The molecule has 0 spiro atoms. The minimum Gasteiger partial charge on any atom is -0.320 e. The van der Waals surface area contributed by atoms with E-state index in [0.29, 0.717) is 15.6 Å². The number of benzene rings is 1. The standard InChI is InChI=1S/C25H20Cl2N4OS/c1-14-9-16(10-17(12-28)25(32)30-21-8-7-18(26)11-20(21)27)15(2)31(14)24-19-5-3-4-6-22(19)33-23(24)13-29/h7-11H,3-6H2,1-2H3,(H,30,32)/b17-10-. The molecule has 0 aliphatic heterocycles. The Morgan fingerprint density at radius 2 is 1.94 bits per heavy atom. The van der Waals surface area contributed by atoms with Crippen molar-refractivity contribution in [2.75, 3.05) is 5.32 Å². The first-order chi connectivity index (χ1) is 15.8. The Bertz CT molecular complexity index is 1380. The van der Waals surface area contributed by atoms with Gasteiger partial charge >= 0.3 is 0 Å². The summed E-state index contributed by atoms with van der Waals surface area (Å²) in [5, 5.41) is 22.8. The number of aryl methyl sites for hydroxylation is 2. The average Bonchev–Trinajstić information content (AvgIpc) is 3.29.